The first-order valence-electron chi connectivity index (χ1n) is 10.7. The van der Waals surface area contributed by atoms with Crippen LogP contribution < -0.4 is 26.4 Å². The zero-order chi connectivity index (χ0) is 22.8. The van der Waals surface area contributed by atoms with Gasteiger partial charge in [-0.05, 0) is 43.0 Å². The Kier molecular flexibility index (Phi) is 5.93. The molecule has 0 aliphatic carbocycles. The predicted octanol–water partition coefficient (Wildman–Crippen LogP) is 2.03. The van der Waals surface area contributed by atoms with Crippen molar-refractivity contribution < 1.29 is 14.4 Å². The Hall–Kier alpha value is -3.69. The van der Waals surface area contributed by atoms with E-state index in [0.717, 1.165) is 25.9 Å². The van der Waals surface area contributed by atoms with Gasteiger partial charge in [0.25, 0.3) is 5.56 Å². The van der Waals surface area contributed by atoms with E-state index in [1.165, 1.54) is 6.92 Å². The molecule has 2 aromatic rings. The molecule has 0 radical (unpaired) electrons. The minimum absolute atomic E-state index is 0.139. The molecule has 3 amide bonds. The van der Waals surface area contributed by atoms with Crippen LogP contribution in [0.3, 0.4) is 0 Å². The minimum Gasteiger partial charge on any atom is -0.342 e. The van der Waals surface area contributed by atoms with Crippen molar-refractivity contribution in [2.24, 2.45) is 5.92 Å². The van der Waals surface area contributed by atoms with Crippen molar-refractivity contribution in [3.63, 3.8) is 0 Å². The Labute approximate surface area is 184 Å². The van der Waals surface area contributed by atoms with Gasteiger partial charge in [0.15, 0.2) is 0 Å². The quantitative estimate of drug-likeness (QED) is 0.577. The Bertz CT molecular complexity index is 1100. The minimum atomic E-state index is -0.958. The lowest BCUT2D eigenvalue weighted by Gasteiger charge is -2.31. The summed E-state index contributed by atoms with van der Waals surface area (Å²) in [5.74, 6) is -0.821. The molecular formula is C22H26N6O4. The summed E-state index contributed by atoms with van der Waals surface area (Å²) in [6.45, 7) is 5.14. The Morgan fingerprint density at radius 3 is 2.31 bits per heavy atom. The van der Waals surface area contributed by atoms with Crippen LogP contribution in [0, 0.1) is 5.92 Å². The molecule has 0 spiro atoms. The highest BCUT2D eigenvalue weighted by atomic mass is 16.2. The maximum absolute atomic E-state index is 13.0. The number of rotatable bonds is 4. The van der Waals surface area contributed by atoms with Crippen molar-refractivity contribution in [3.8, 4) is 0 Å². The van der Waals surface area contributed by atoms with E-state index in [1.807, 2.05) is 4.90 Å². The molecule has 1 saturated heterocycles. The molecule has 0 saturated carbocycles. The van der Waals surface area contributed by atoms with Crippen LogP contribution in [-0.2, 0) is 14.4 Å². The van der Waals surface area contributed by atoms with Gasteiger partial charge in [0.1, 0.15) is 5.82 Å². The molecule has 0 bridgehead atoms. The second-order valence-corrected chi connectivity index (χ2v) is 8.37. The molecule has 168 valence electrons. The number of fused-ring (bicyclic) bond motifs is 1. The van der Waals surface area contributed by atoms with Gasteiger partial charge < -0.3 is 20.9 Å². The number of hydrogen-bond acceptors (Lipinski definition) is 6. The number of hydrogen-bond donors (Lipinski definition) is 4. The van der Waals surface area contributed by atoms with E-state index in [2.05, 4.69) is 32.8 Å². The van der Waals surface area contributed by atoms with Crippen molar-refractivity contribution in [2.45, 2.75) is 39.0 Å². The lowest BCUT2D eigenvalue weighted by molar-refractivity contribution is -0.123. The first-order chi connectivity index (χ1) is 15.3. The number of benzene rings is 1. The van der Waals surface area contributed by atoms with Gasteiger partial charge in [-0.1, -0.05) is 6.92 Å². The van der Waals surface area contributed by atoms with Gasteiger partial charge in [-0.15, -0.1) is 0 Å². The SMILES string of the molecule is CC(=O)Nc1ccc(NC(=O)[C@@H]2CC(=O)Nc3nc(N4CCC(C)CC4)[nH]c(=O)c32)cc1. The van der Waals surface area contributed by atoms with E-state index in [1.54, 1.807) is 24.3 Å². The maximum Gasteiger partial charge on any atom is 0.258 e. The normalized spacial score (nSPS) is 18.5. The summed E-state index contributed by atoms with van der Waals surface area (Å²) in [5, 5.41) is 8.03. The molecule has 1 aromatic heterocycles. The summed E-state index contributed by atoms with van der Waals surface area (Å²) in [6, 6.07) is 6.57. The molecule has 4 N–H and O–H groups in total. The Morgan fingerprint density at radius 1 is 1.06 bits per heavy atom. The predicted molar refractivity (Wildman–Crippen MR) is 121 cm³/mol. The molecule has 2 aliphatic heterocycles. The smallest absolute Gasteiger partial charge is 0.258 e. The van der Waals surface area contributed by atoms with E-state index in [4.69, 9.17) is 0 Å². The monoisotopic (exact) mass is 438 g/mol. The van der Waals surface area contributed by atoms with Crippen LogP contribution in [-0.4, -0.2) is 40.8 Å². The standard InChI is InChI=1S/C22H26N6O4/c1-12-7-9-28(10-8-12)22-26-19-18(21(32)27-22)16(11-17(30)25-19)20(31)24-15-5-3-14(4-6-15)23-13(2)29/h3-6,12,16H,7-11H2,1-2H3,(H,23,29)(H,24,31)(H2,25,26,27,30,32)/t16-/m1/s1. The topological polar surface area (TPSA) is 136 Å². The van der Waals surface area contributed by atoms with Crippen LogP contribution in [0.2, 0.25) is 0 Å². The lowest BCUT2D eigenvalue weighted by Crippen LogP contribution is -2.39. The third-order valence-electron chi connectivity index (χ3n) is 5.81. The van der Waals surface area contributed by atoms with E-state index in [0.29, 0.717) is 23.2 Å². The zero-order valence-electron chi connectivity index (χ0n) is 18.0. The summed E-state index contributed by atoms with van der Waals surface area (Å²) >= 11 is 0. The molecule has 32 heavy (non-hydrogen) atoms. The van der Waals surface area contributed by atoms with Crippen LogP contribution >= 0.6 is 0 Å². The van der Waals surface area contributed by atoms with Gasteiger partial charge in [-0.3, -0.25) is 24.2 Å². The number of nitrogens with zero attached hydrogens (tertiary/aromatic N) is 2. The van der Waals surface area contributed by atoms with E-state index < -0.39 is 17.4 Å². The molecule has 1 atom stereocenters. The highest BCUT2D eigenvalue weighted by Crippen LogP contribution is 2.31. The van der Waals surface area contributed by atoms with E-state index >= 15 is 0 Å². The summed E-state index contributed by atoms with van der Waals surface area (Å²) < 4.78 is 0. The van der Waals surface area contributed by atoms with Crippen LogP contribution in [0.1, 0.15) is 44.6 Å². The van der Waals surface area contributed by atoms with Crippen molar-refractivity contribution in [3.05, 3.63) is 40.2 Å². The average Bonchev–Trinajstić information content (AvgIpc) is 2.74. The van der Waals surface area contributed by atoms with Crippen LogP contribution in [0.5, 0.6) is 0 Å². The molecule has 4 rings (SSSR count). The third-order valence-corrected chi connectivity index (χ3v) is 5.81. The molecule has 1 aromatic carbocycles. The number of anilines is 4. The van der Waals surface area contributed by atoms with Crippen molar-refractivity contribution in [1.29, 1.82) is 0 Å². The second kappa shape index (κ2) is 8.81. The van der Waals surface area contributed by atoms with Gasteiger partial charge in [-0.2, -0.15) is 4.98 Å². The fraction of sp³-hybridized carbons (Fsp3) is 0.409. The molecule has 2 aliphatic rings. The van der Waals surface area contributed by atoms with Crippen LogP contribution in [0.15, 0.2) is 29.1 Å². The van der Waals surface area contributed by atoms with E-state index in [-0.39, 0.29) is 29.6 Å². The maximum atomic E-state index is 13.0. The number of H-pyrrole nitrogens is 1. The van der Waals surface area contributed by atoms with Gasteiger partial charge in [0, 0.05) is 37.8 Å². The summed E-state index contributed by atoms with van der Waals surface area (Å²) in [4.78, 5) is 58.6. The highest BCUT2D eigenvalue weighted by Gasteiger charge is 2.35. The number of amides is 3. The number of carbonyl (C=O) groups excluding carboxylic acids is 3. The lowest BCUT2D eigenvalue weighted by atomic mass is 9.92. The average molecular weight is 438 g/mol. The number of carbonyl (C=O) groups is 3. The molecule has 10 heteroatoms. The number of piperidine rings is 1. The van der Waals surface area contributed by atoms with E-state index in [9.17, 15) is 19.2 Å². The third kappa shape index (κ3) is 4.63. The highest BCUT2D eigenvalue weighted by molar-refractivity contribution is 6.04. The van der Waals surface area contributed by atoms with Crippen molar-refractivity contribution >= 4 is 40.9 Å². The second-order valence-electron chi connectivity index (χ2n) is 8.37. The summed E-state index contributed by atoms with van der Waals surface area (Å²) in [6.07, 6.45) is 1.85. The van der Waals surface area contributed by atoms with Crippen molar-refractivity contribution in [2.75, 3.05) is 33.9 Å². The zero-order valence-corrected chi connectivity index (χ0v) is 18.0. The van der Waals surface area contributed by atoms with Gasteiger partial charge >= 0.3 is 0 Å². The first kappa shape index (κ1) is 21.5. The number of aromatic nitrogens is 2. The molecule has 3 heterocycles. The van der Waals surface area contributed by atoms with Gasteiger partial charge in [-0.25, -0.2) is 0 Å². The fourth-order valence-corrected chi connectivity index (χ4v) is 4.02. The fourth-order valence-electron chi connectivity index (χ4n) is 4.02. The largest absolute Gasteiger partial charge is 0.342 e. The first-order valence-corrected chi connectivity index (χ1v) is 10.7. The molecule has 10 nitrogen and oxygen atoms in total. The molecular weight excluding hydrogens is 412 g/mol. The van der Waals surface area contributed by atoms with Crippen molar-refractivity contribution in [1.82, 2.24) is 9.97 Å². The number of aromatic amines is 1. The van der Waals surface area contributed by atoms with Gasteiger partial charge in [0.2, 0.25) is 23.7 Å². The Morgan fingerprint density at radius 2 is 1.69 bits per heavy atom. The molecule has 0 unspecified atom stereocenters. The van der Waals surface area contributed by atoms with Crippen LogP contribution in [0.4, 0.5) is 23.1 Å². The van der Waals surface area contributed by atoms with Gasteiger partial charge in [0.05, 0.1) is 11.5 Å². The van der Waals surface area contributed by atoms with Crippen LogP contribution in [0.25, 0.3) is 0 Å². The summed E-state index contributed by atoms with van der Waals surface area (Å²) in [5.41, 5.74) is 0.814. The summed E-state index contributed by atoms with van der Waals surface area (Å²) in [7, 11) is 0. The Balaban J connectivity index is 1.56. The number of nitrogens with one attached hydrogen (secondary N) is 4. The molecule has 1 fully saturated rings.